The highest BCUT2D eigenvalue weighted by molar-refractivity contribution is 7.89. The number of sulfonamides is 1. The Morgan fingerprint density at radius 2 is 1.87 bits per heavy atom. The molecule has 1 aliphatic heterocycles. The van der Waals surface area contributed by atoms with E-state index in [1.54, 1.807) is 24.9 Å². The highest BCUT2D eigenvalue weighted by Crippen LogP contribution is 2.24. The number of rotatable bonds is 5. The van der Waals surface area contributed by atoms with Crippen LogP contribution in [0.15, 0.2) is 52.1 Å². The Labute approximate surface area is 181 Å². The molecule has 0 radical (unpaired) electrons. The molecule has 3 aromatic rings. The first kappa shape index (κ1) is 21.3. The Bertz CT molecular complexity index is 1130. The van der Waals surface area contributed by atoms with Gasteiger partial charge in [0.15, 0.2) is 5.76 Å². The topological polar surface area (TPSA) is 102 Å². The van der Waals surface area contributed by atoms with Crippen molar-refractivity contribution < 1.29 is 17.7 Å². The molecule has 0 unspecified atom stereocenters. The SMILES string of the molecule is Cc1noc(C)c1S(=O)(=O)N1CCCN(C(=O)c2ccc(Cn3cccn3)cc2)CC1. The van der Waals surface area contributed by atoms with Crippen LogP contribution in [0.3, 0.4) is 0 Å². The summed E-state index contributed by atoms with van der Waals surface area (Å²) in [6.45, 7) is 5.26. The monoisotopic (exact) mass is 443 g/mol. The summed E-state index contributed by atoms with van der Waals surface area (Å²) in [5, 5.41) is 7.95. The van der Waals surface area contributed by atoms with Gasteiger partial charge in [0.05, 0.1) is 6.54 Å². The third kappa shape index (κ3) is 4.40. The first-order valence-corrected chi connectivity index (χ1v) is 11.6. The zero-order valence-corrected chi connectivity index (χ0v) is 18.4. The maximum Gasteiger partial charge on any atom is 0.253 e. The second-order valence-corrected chi connectivity index (χ2v) is 9.48. The molecule has 0 aliphatic carbocycles. The third-order valence-electron chi connectivity index (χ3n) is 5.41. The van der Waals surface area contributed by atoms with Crippen LogP contribution in [0.25, 0.3) is 0 Å². The lowest BCUT2D eigenvalue weighted by Crippen LogP contribution is -2.37. The van der Waals surface area contributed by atoms with Crippen molar-refractivity contribution in [3.05, 3.63) is 65.3 Å². The van der Waals surface area contributed by atoms with Crippen LogP contribution >= 0.6 is 0 Å². The molecule has 4 rings (SSSR count). The Morgan fingerprint density at radius 1 is 1.10 bits per heavy atom. The van der Waals surface area contributed by atoms with Crippen molar-refractivity contribution in [3.8, 4) is 0 Å². The first-order chi connectivity index (χ1) is 14.9. The van der Waals surface area contributed by atoms with E-state index in [9.17, 15) is 13.2 Å². The normalized spacial score (nSPS) is 15.7. The number of carbonyl (C=O) groups is 1. The quantitative estimate of drug-likeness (QED) is 0.598. The standard InChI is InChI=1S/C21H25N5O4S/c1-16-20(17(2)30-23-16)31(28,29)26-12-4-10-24(13-14-26)21(27)19-7-5-18(6-8-19)15-25-11-3-9-22-25/h3,5-9,11H,4,10,12-15H2,1-2H3. The van der Waals surface area contributed by atoms with E-state index in [0.29, 0.717) is 43.9 Å². The highest BCUT2D eigenvalue weighted by Gasteiger charge is 2.33. The van der Waals surface area contributed by atoms with Gasteiger partial charge in [0.2, 0.25) is 10.0 Å². The number of hydrogen-bond donors (Lipinski definition) is 0. The van der Waals surface area contributed by atoms with Crippen molar-refractivity contribution in [3.63, 3.8) is 0 Å². The van der Waals surface area contributed by atoms with E-state index >= 15 is 0 Å². The number of nitrogens with zero attached hydrogens (tertiary/aromatic N) is 5. The van der Waals surface area contributed by atoms with Gasteiger partial charge in [0, 0.05) is 44.1 Å². The zero-order chi connectivity index (χ0) is 22.0. The molecule has 1 aliphatic rings. The van der Waals surface area contributed by atoms with E-state index in [0.717, 1.165) is 5.56 Å². The number of hydrogen-bond acceptors (Lipinski definition) is 6. The van der Waals surface area contributed by atoms with Gasteiger partial charge >= 0.3 is 0 Å². The molecule has 0 bridgehead atoms. The Balaban J connectivity index is 1.43. The second-order valence-electron chi connectivity index (χ2n) is 7.60. The Hall–Kier alpha value is -2.98. The van der Waals surface area contributed by atoms with Crippen molar-refractivity contribution in [2.24, 2.45) is 0 Å². The minimum absolute atomic E-state index is 0.0952. The van der Waals surface area contributed by atoms with Gasteiger partial charge in [-0.05, 0) is 44.0 Å². The van der Waals surface area contributed by atoms with Crippen molar-refractivity contribution >= 4 is 15.9 Å². The fourth-order valence-electron chi connectivity index (χ4n) is 3.83. The van der Waals surface area contributed by atoms with Crippen LogP contribution in [0.1, 0.15) is 33.8 Å². The summed E-state index contributed by atoms with van der Waals surface area (Å²) >= 11 is 0. The first-order valence-electron chi connectivity index (χ1n) is 10.1. The number of aromatic nitrogens is 3. The van der Waals surface area contributed by atoms with Crippen LogP contribution in [0.2, 0.25) is 0 Å². The smallest absolute Gasteiger partial charge is 0.253 e. The lowest BCUT2D eigenvalue weighted by Gasteiger charge is -2.22. The molecule has 0 spiro atoms. The van der Waals surface area contributed by atoms with Gasteiger partial charge in [-0.15, -0.1) is 0 Å². The molecule has 9 nitrogen and oxygen atoms in total. The fourth-order valence-corrected chi connectivity index (χ4v) is 5.59. The second kappa shape index (κ2) is 8.64. The van der Waals surface area contributed by atoms with Gasteiger partial charge in [-0.2, -0.15) is 9.40 Å². The Kier molecular flexibility index (Phi) is 5.92. The van der Waals surface area contributed by atoms with E-state index in [-0.39, 0.29) is 23.1 Å². The number of aryl methyl sites for hydroxylation is 2. The highest BCUT2D eigenvalue weighted by atomic mass is 32.2. The molecule has 0 saturated carbocycles. The summed E-state index contributed by atoms with van der Waals surface area (Å²) in [4.78, 5) is 14.8. The number of carbonyl (C=O) groups excluding carboxylic acids is 1. The van der Waals surface area contributed by atoms with Gasteiger partial charge in [-0.25, -0.2) is 8.42 Å². The molecule has 31 heavy (non-hydrogen) atoms. The minimum atomic E-state index is -3.72. The average Bonchev–Trinajstić information content (AvgIpc) is 3.29. The molecule has 1 saturated heterocycles. The number of benzene rings is 1. The molecule has 1 amide bonds. The van der Waals surface area contributed by atoms with Crippen molar-refractivity contribution in [1.82, 2.24) is 24.1 Å². The summed E-state index contributed by atoms with van der Waals surface area (Å²) in [5.41, 5.74) is 1.99. The largest absolute Gasteiger partial charge is 0.360 e. The molecule has 1 aromatic carbocycles. The maximum absolute atomic E-state index is 13.1. The van der Waals surface area contributed by atoms with Crippen molar-refractivity contribution in [2.45, 2.75) is 31.7 Å². The summed E-state index contributed by atoms with van der Waals surface area (Å²) in [6.07, 6.45) is 4.18. The van der Waals surface area contributed by atoms with Gasteiger partial charge < -0.3 is 9.42 Å². The molecule has 0 atom stereocenters. The van der Waals surface area contributed by atoms with E-state index in [1.807, 2.05) is 41.2 Å². The summed E-state index contributed by atoms with van der Waals surface area (Å²) in [5.74, 6) is 0.187. The van der Waals surface area contributed by atoms with Crippen molar-refractivity contribution in [1.29, 1.82) is 0 Å². The van der Waals surface area contributed by atoms with E-state index in [4.69, 9.17) is 4.52 Å². The van der Waals surface area contributed by atoms with Crippen LogP contribution in [0.5, 0.6) is 0 Å². The predicted octanol–water partition coefficient (Wildman–Crippen LogP) is 2.07. The summed E-state index contributed by atoms with van der Waals surface area (Å²) < 4.78 is 34.4. The number of amides is 1. The molecule has 2 aromatic heterocycles. The maximum atomic E-state index is 13.1. The average molecular weight is 444 g/mol. The van der Waals surface area contributed by atoms with E-state index in [1.165, 1.54) is 4.31 Å². The molecule has 0 N–H and O–H groups in total. The summed E-state index contributed by atoms with van der Waals surface area (Å²) in [7, 11) is -3.72. The van der Waals surface area contributed by atoms with Crippen LogP contribution in [-0.2, 0) is 16.6 Å². The van der Waals surface area contributed by atoms with Crippen LogP contribution in [0.4, 0.5) is 0 Å². The molecular weight excluding hydrogens is 418 g/mol. The predicted molar refractivity (Wildman–Crippen MR) is 113 cm³/mol. The third-order valence-corrected chi connectivity index (χ3v) is 7.56. The van der Waals surface area contributed by atoms with Gasteiger partial charge in [-0.1, -0.05) is 17.3 Å². The van der Waals surface area contributed by atoms with Crippen LogP contribution in [0, 0.1) is 13.8 Å². The van der Waals surface area contributed by atoms with Crippen molar-refractivity contribution in [2.75, 3.05) is 26.2 Å². The molecule has 10 heteroatoms. The van der Waals surface area contributed by atoms with E-state index < -0.39 is 10.0 Å². The van der Waals surface area contributed by atoms with Crippen LogP contribution < -0.4 is 0 Å². The van der Waals surface area contributed by atoms with Gasteiger partial charge in [-0.3, -0.25) is 9.48 Å². The fraction of sp³-hybridized carbons (Fsp3) is 0.381. The minimum Gasteiger partial charge on any atom is -0.360 e. The molecule has 1 fully saturated rings. The lowest BCUT2D eigenvalue weighted by molar-refractivity contribution is 0.0764. The van der Waals surface area contributed by atoms with Gasteiger partial charge in [0.25, 0.3) is 5.91 Å². The zero-order valence-electron chi connectivity index (χ0n) is 17.6. The molecular formula is C21H25N5O4S. The molecule has 164 valence electrons. The Morgan fingerprint density at radius 3 is 2.52 bits per heavy atom. The van der Waals surface area contributed by atoms with Gasteiger partial charge in [0.1, 0.15) is 10.6 Å². The molecule has 3 heterocycles. The lowest BCUT2D eigenvalue weighted by atomic mass is 10.1. The summed E-state index contributed by atoms with van der Waals surface area (Å²) in [6, 6.07) is 9.32. The van der Waals surface area contributed by atoms with E-state index in [2.05, 4.69) is 10.3 Å². The van der Waals surface area contributed by atoms with Crippen LogP contribution in [-0.4, -0.2) is 64.6 Å².